The predicted molar refractivity (Wildman–Crippen MR) is 66.7 cm³/mol. The molecule has 4 nitrogen and oxygen atoms in total. The molecule has 0 fully saturated rings. The highest BCUT2D eigenvalue weighted by molar-refractivity contribution is 14.1. The van der Waals surface area contributed by atoms with Gasteiger partial charge in [0.05, 0.1) is 9.77 Å². The molecule has 0 unspecified atom stereocenters. The fraction of sp³-hybridized carbons (Fsp3) is 0.200. The Hall–Kier alpha value is -0.950. The Morgan fingerprint density at radius 1 is 1.53 bits per heavy atom. The van der Waals surface area contributed by atoms with Crippen molar-refractivity contribution in [3.63, 3.8) is 0 Å². The highest BCUT2D eigenvalue weighted by Gasteiger charge is 2.04. The van der Waals surface area contributed by atoms with Gasteiger partial charge in [0.2, 0.25) is 0 Å². The van der Waals surface area contributed by atoms with E-state index in [1.807, 2.05) is 25.3 Å². The lowest BCUT2D eigenvalue weighted by molar-refractivity contribution is 0.796. The summed E-state index contributed by atoms with van der Waals surface area (Å²) in [6, 6.07) is 3.89. The van der Waals surface area contributed by atoms with Gasteiger partial charge in [-0.3, -0.25) is 0 Å². The molecule has 2 rings (SSSR count). The number of halogens is 1. The lowest BCUT2D eigenvalue weighted by Gasteiger charge is -2.06. The van der Waals surface area contributed by atoms with Gasteiger partial charge in [-0.2, -0.15) is 5.10 Å². The number of rotatable bonds is 2. The number of aromatic nitrogens is 3. The lowest BCUT2D eigenvalue weighted by atomic mass is 10.1. The van der Waals surface area contributed by atoms with Gasteiger partial charge in [0.15, 0.2) is 5.82 Å². The van der Waals surface area contributed by atoms with Crippen molar-refractivity contribution in [2.45, 2.75) is 13.0 Å². The van der Waals surface area contributed by atoms with E-state index < -0.39 is 0 Å². The second kappa shape index (κ2) is 4.28. The molecule has 2 aromatic heterocycles. The first kappa shape index (κ1) is 10.6. The standard InChI is InChI=1S/C10H11IN4/c1-7(12)8-2-3-13-10(4-8)15-6-9(11)5-14-15/h2-7H,12H2,1H3/t7-/m0/s1. The topological polar surface area (TPSA) is 56.7 Å². The third kappa shape index (κ3) is 2.35. The largest absolute Gasteiger partial charge is 0.324 e. The monoisotopic (exact) mass is 314 g/mol. The van der Waals surface area contributed by atoms with Crippen LogP contribution in [0, 0.1) is 3.57 Å². The van der Waals surface area contributed by atoms with Crippen LogP contribution in [-0.2, 0) is 0 Å². The van der Waals surface area contributed by atoms with Crippen LogP contribution < -0.4 is 5.73 Å². The molecule has 0 saturated carbocycles. The quantitative estimate of drug-likeness (QED) is 0.861. The molecule has 0 bridgehead atoms. The fourth-order valence-corrected chi connectivity index (χ4v) is 1.66. The van der Waals surface area contributed by atoms with E-state index in [1.54, 1.807) is 17.1 Å². The smallest absolute Gasteiger partial charge is 0.153 e. The molecule has 15 heavy (non-hydrogen) atoms. The van der Waals surface area contributed by atoms with Gasteiger partial charge < -0.3 is 5.73 Å². The molecule has 0 radical (unpaired) electrons. The van der Waals surface area contributed by atoms with Crippen LogP contribution in [-0.4, -0.2) is 14.8 Å². The number of nitrogens with zero attached hydrogens (tertiary/aromatic N) is 3. The zero-order chi connectivity index (χ0) is 10.8. The van der Waals surface area contributed by atoms with Crippen molar-refractivity contribution in [3.8, 4) is 5.82 Å². The van der Waals surface area contributed by atoms with Gasteiger partial charge in [-0.15, -0.1) is 0 Å². The summed E-state index contributed by atoms with van der Waals surface area (Å²) in [6.07, 6.45) is 5.47. The maximum Gasteiger partial charge on any atom is 0.153 e. The summed E-state index contributed by atoms with van der Waals surface area (Å²) in [5, 5.41) is 4.19. The molecule has 0 saturated heterocycles. The summed E-state index contributed by atoms with van der Waals surface area (Å²) >= 11 is 2.21. The maximum atomic E-state index is 5.81. The van der Waals surface area contributed by atoms with Crippen molar-refractivity contribution < 1.29 is 0 Å². The second-order valence-corrected chi connectivity index (χ2v) is 4.58. The number of pyridine rings is 1. The summed E-state index contributed by atoms with van der Waals surface area (Å²) in [5.74, 6) is 0.799. The first-order chi connectivity index (χ1) is 7.16. The molecular formula is C10H11IN4. The van der Waals surface area contributed by atoms with E-state index in [-0.39, 0.29) is 6.04 Å². The van der Waals surface area contributed by atoms with Gasteiger partial charge in [0, 0.05) is 18.4 Å². The van der Waals surface area contributed by atoms with Gasteiger partial charge in [0.1, 0.15) is 0 Å². The highest BCUT2D eigenvalue weighted by Crippen LogP contribution is 2.13. The van der Waals surface area contributed by atoms with Crippen LogP contribution in [0.4, 0.5) is 0 Å². The van der Waals surface area contributed by atoms with E-state index in [0.29, 0.717) is 0 Å². The van der Waals surface area contributed by atoms with Crippen LogP contribution in [0.1, 0.15) is 18.5 Å². The minimum absolute atomic E-state index is 0.0152. The minimum atomic E-state index is 0.0152. The second-order valence-electron chi connectivity index (χ2n) is 3.34. The molecule has 78 valence electrons. The Balaban J connectivity index is 2.41. The molecule has 0 amide bonds. The third-order valence-electron chi connectivity index (χ3n) is 2.08. The Bertz CT molecular complexity index is 464. The molecule has 2 heterocycles. The van der Waals surface area contributed by atoms with Crippen LogP contribution in [0.25, 0.3) is 5.82 Å². The van der Waals surface area contributed by atoms with Crippen molar-refractivity contribution in [2.24, 2.45) is 5.73 Å². The fourth-order valence-electron chi connectivity index (χ4n) is 1.27. The minimum Gasteiger partial charge on any atom is -0.324 e. The van der Waals surface area contributed by atoms with Gasteiger partial charge in [-0.05, 0) is 47.2 Å². The zero-order valence-electron chi connectivity index (χ0n) is 8.26. The third-order valence-corrected chi connectivity index (χ3v) is 2.64. The molecular weight excluding hydrogens is 303 g/mol. The number of hydrogen-bond acceptors (Lipinski definition) is 3. The number of nitrogens with two attached hydrogens (primary N) is 1. The van der Waals surface area contributed by atoms with Crippen LogP contribution >= 0.6 is 22.6 Å². The first-order valence-electron chi connectivity index (χ1n) is 4.59. The summed E-state index contributed by atoms with van der Waals surface area (Å²) in [7, 11) is 0. The molecule has 5 heteroatoms. The Kier molecular flexibility index (Phi) is 3.01. The predicted octanol–water partition coefficient (Wildman–Crippen LogP) is 1.89. The molecule has 1 atom stereocenters. The SMILES string of the molecule is C[C@H](N)c1ccnc(-n2cc(I)cn2)c1. The molecule has 0 aliphatic carbocycles. The van der Waals surface area contributed by atoms with Crippen LogP contribution in [0.3, 0.4) is 0 Å². The van der Waals surface area contributed by atoms with E-state index in [0.717, 1.165) is 15.0 Å². The molecule has 2 N–H and O–H groups in total. The molecule has 0 spiro atoms. The van der Waals surface area contributed by atoms with E-state index in [1.165, 1.54) is 0 Å². The maximum absolute atomic E-state index is 5.81. The van der Waals surface area contributed by atoms with Crippen molar-refractivity contribution in [3.05, 3.63) is 39.9 Å². The molecule has 0 aromatic carbocycles. The summed E-state index contributed by atoms with van der Waals surface area (Å²) < 4.78 is 2.83. The summed E-state index contributed by atoms with van der Waals surface area (Å²) in [6.45, 7) is 1.95. The van der Waals surface area contributed by atoms with Gasteiger partial charge in [-0.1, -0.05) is 0 Å². The van der Waals surface area contributed by atoms with E-state index >= 15 is 0 Å². The average Bonchev–Trinajstić information content (AvgIpc) is 2.65. The van der Waals surface area contributed by atoms with Gasteiger partial charge >= 0.3 is 0 Å². The number of hydrogen-bond donors (Lipinski definition) is 1. The van der Waals surface area contributed by atoms with Crippen LogP contribution in [0.2, 0.25) is 0 Å². The molecule has 0 aliphatic heterocycles. The summed E-state index contributed by atoms with van der Waals surface area (Å²) in [5.41, 5.74) is 6.87. The average molecular weight is 314 g/mol. The Morgan fingerprint density at radius 2 is 2.33 bits per heavy atom. The molecule has 2 aromatic rings. The van der Waals surface area contributed by atoms with Gasteiger partial charge in [-0.25, -0.2) is 9.67 Å². The van der Waals surface area contributed by atoms with Crippen molar-refractivity contribution >= 4 is 22.6 Å². The van der Waals surface area contributed by atoms with E-state index in [2.05, 4.69) is 32.7 Å². The normalized spacial score (nSPS) is 12.7. The van der Waals surface area contributed by atoms with Crippen LogP contribution in [0.5, 0.6) is 0 Å². The van der Waals surface area contributed by atoms with Crippen molar-refractivity contribution in [2.75, 3.05) is 0 Å². The Labute approximate surface area is 102 Å². The van der Waals surface area contributed by atoms with Gasteiger partial charge in [0.25, 0.3) is 0 Å². The van der Waals surface area contributed by atoms with Crippen LogP contribution in [0.15, 0.2) is 30.7 Å². The summed E-state index contributed by atoms with van der Waals surface area (Å²) in [4.78, 5) is 4.25. The van der Waals surface area contributed by atoms with Crippen molar-refractivity contribution in [1.29, 1.82) is 0 Å². The van der Waals surface area contributed by atoms with E-state index in [9.17, 15) is 0 Å². The van der Waals surface area contributed by atoms with E-state index in [4.69, 9.17) is 5.73 Å². The molecule has 0 aliphatic rings. The van der Waals surface area contributed by atoms with Crippen molar-refractivity contribution in [1.82, 2.24) is 14.8 Å². The highest BCUT2D eigenvalue weighted by atomic mass is 127. The Morgan fingerprint density at radius 3 is 2.93 bits per heavy atom. The zero-order valence-corrected chi connectivity index (χ0v) is 10.4. The first-order valence-corrected chi connectivity index (χ1v) is 5.67. The lowest BCUT2D eigenvalue weighted by Crippen LogP contribution is -2.07.